The maximum Gasteiger partial charge on any atom is 0.140 e. The molecule has 3 rings (SSSR count). The molecule has 2 fully saturated rings. The topological polar surface area (TPSA) is 20.3 Å². The molecule has 2 aliphatic rings. The van der Waals surface area contributed by atoms with Gasteiger partial charge in [-0.25, -0.2) is 0 Å². The molecule has 1 heterocycles. The molecule has 18 heavy (non-hydrogen) atoms. The second kappa shape index (κ2) is 4.85. The van der Waals surface area contributed by atoms with Crippen molar-refractivity contribution in [2.75, 3.05) is 13.1 Å². The van der Waals surface area contributed by atoms with Gasteiger partial charge < -0.3 is 0 Å². The number of Topliss-reactive ketones (excluding diaryl/α,β-unsaturated/α-hetero) is 1. The maximum atomic E-state index is 12.1. The largest absolute Gasteiger partial charge is 0.299 e. The van der Waals surface area contributed by atoms with E-state index in [9.17, 15) is 4.79 Å². The zero-order valence-corrected chi connectivity index (χ0v) is 10.9. The van der Waals surface area contributed by atoms with E-state index in [1.165, 1.54) is 12.0 Å². The highest BCUT2D eigenvalue weighted by Gasteiger charge is 2.44. The second-order valence-corrected chi connectivity index (χ2v) is 5.86. The van der Waals surface area contributed by atoms with Crippen molar-refractivity contribution in [1.82, 2.24) is 4.90 Å². The lowest BCUT2D eigenvalue weighted by Crippen LogP contribution is -2.45. The molecule has 0 amide bonds. The SMILES string of the molecule is O=C1CCCC12CCCN(Cc1ccccc1)C2. The van der Waals surface area contributed by atoms with Crippen LogP contribution in [0.1, 0.15) is 37.7 Å². The van der Waals surface area contributed by atoms with E-state index in [0.29, 0.717) is 5.78 Å². The Morgan fingerprint density at radius 3 is 2.61 bits per heavy atom. The number of carbonyl (C=O) groups is 1. The molecule has 0 N–H and O–H groups in total. The van der Waals surface area contributed by atoms with Crippen LogP contribution in [0.4, 0.5) is 0 Å². The summed E-state index contributed by atoms with van der Waals surface area (Å²) >= 11 is 0. The summed E-state index contributed by atoms with van der Waals surface area (Å²) < 4.78 is 0. The Bertz CT molecular complexity index is 428. The number of nitrogens with zero attached hydrogens (tertiary/aromatic N) is 1. The van der Waals surface area contributed by atoms with Crippen molar-refractivity contribution in [3.63, 3.8) is 0 Å². The zero-order chi connectivity index (χ0) is 12.4. The summed E-state index contributed by atoms with van der Waals surface area (Å²) in [6, 6.07) is 10.6. The molecule has 1 saturated carbocycles. The fourth-order valence-electron chi connectivity index (χ4n) is 3.63. The Labute approximate surface area is 109 Å². The molecule has 0 aromatic heterocycles. The van der Waals surface area contributed by atoms with Crippen molar-refractivity contribution >= 4 is 5.78 Å². The van der Waals surface area contributed by atoms with E-state index in [2.05, 4.69) is 35.2 Å². The first kappa shape index (κ1) is 11.9. The number of likely N-dealkylation sites (tertiary alicyclic amines) is 1. The molecule has 2 heteroatoms. The van der Waals surface area contributed by atoms with Crippen molar-refractivity contribution in [2.24, 2.45) is 5.41 Å². The van der Waals surface area contributed by atoms with E-state index in [0.717, 1.165) is 45.3 Å². The first-order chi connectivity index (χ1) is 8.78. The van der Waals surface area contributed by atoms with Gasteiger partial charge in [0.1, 0.15) is 5.78 Å². The minimum atomic E-state index is 0.0209. The number of benzene rings is 1. The minimum Gasteiger partial charge on any atom is -0.299 e. The average Bonchev–Trinajstić information content (AvgIpc) is 2.72. The van der Waals surface area contributed by atoms with E-state index in [-0.39, 0.29) is 5.41 Å². The Hall–Kier alpha value is -1.15. The van der Waals surface area contributed by atoms with Crippen LogP contribution in [0, 0.1) is 5.41 Å². The minimum absolute atomic E-state index is 0.0209. The van der Waals surface area contributed by atoms with Crippen LogP contribution in [0.15, 0.2) is 30.3 Å². The quantitative estimate of drug-likeness (QED) is 0.795. The van der Waals surface area contributed by atoms with Crippen LogP contribution in [0.25, 0.3) is 0 Å². The van der Waals surface area contributed by atoms with Gasteiger partial charge >= 0.3 is 0 Å². The highest BCUT2D eigenvalue weighted by atomic mass is 16.1. The molecular weight excluding hydrogens is 222 g/mol. The van der Waals surface area contributed by atoms with E-state index >= 15 is 0 Å². The van der Waals surface area contributed by atoms with Gasteiger partial charge in [-0.05, 0) is 37.8 Å². The Balaban J connectivity index is 1.69. The van der Waals surface area contributed by atoms with Crippen molar-refractivity contribution in [3.05, 3.63) is 35.9 Å². The van der Waals surface area contributed by atoms with Crippen LogP contribution >= 0.6 is 0 Å². The van der Waals surface area contributed by atoms with Gasteiger partial charge in [0.15, 0.2) is 0 Å². The molecule has 0 bridgehead atoms. The van der Waals surface area contributed by atoms with Gasteiger partial charge in [-0.1, -0.05) is 30.3 Å². The smallest absolute Gasteiger partial charge is 0.140 e. The molecule has 1 atom stereocenters. The van der Waals surface area contributed by atoms with Crippen LogP contribution in [-0.2, 0) is 11.3 Å². The highest BCUT2D eigenvalue weighted by Crippen LogP contribution is 2.42. The van der Waals surface area contributed by atoms with Crippen LogP contribution < -0.4 is 0 Å². The lowest BCUT2D eigenvalue weighted by Gasteiger charge is -2.39. The molecule has 1 aliphatic carbocycles. The predicted molar refractivity (Wildman–Crippen MR) is 72.2 cm³/mol. The number of hydrogen-bond donors (Lipinski definition) is 0. The number of rotatable bonds is 2. The van der Waals surface area contributed by atoms with E-state index < -0.39 is 0 Å². The van der Waals surface area contributed by atoms with Crippen LogP contribution in [0.2, 0.25) is 0 Å². The first-order valence-corrected chi connectivity index (χ1v) is 7.08. The van der Waals surface area contributed by atoms with Gasteiger partial charge in [-0.3, -0.25) is 9.69 Å². The molecule has 1 unspecified atom stereocenters. The predicted octanol–water partition coefficient (Wildman–Crippen LogP) is 3.02. The molecule has 1 aromatic carbocycles. The van der Waals surface area contributed by atoms with Gasteiger partial charge in [-0.15, -0.1) is 0 Å². The standard InChI is InChI=1S/C16H21NO/c18-15-8-4-9-16(15)10-5-11-17(13-16)12-14-6-2-1-3-7-14/h1-3,6-7H,4-5,8-13H2. The summed E-state index contributed by atoms with van der Waals surface area (Å²) in [6.07, 6.45) is 5.35. The lowest BCUT2D eigenvalue weighted by atomic mass is 9.77. The molecule has 1 aromatic rings. The zero-order valence-electron chi connectivity index (χ0n) is 10.9. The molecule has 1 aliphatic heterocycles. The second-order valence-electron chi connectivity index (χ2n) is 5.86. The molecule has 1 saturated heterocycles. The van der Waals surface area contributed by atoms with Gasteiger partial charge in [0.05, 0.1) is 0 Å². The fraction of sp³-hybridized carbons (Fsp3) is 0.562. The third-order valence-electron chi connectivity index (χ3n) is 4.56. The monoisotopic (exact) mass is 243 g/mol. The number of hydrogen-bond acceptors (Lipinski definition) is 2. The van der Waals surface area contributed by atoms with E-state index in [1.54, 1.807) is 0 Å². The summed E-state index contributed by atoms with van der Waals surface area (Å²) in [6.45, 7) is 3.13. The van der Waals surface area contributed by atoms with Crippen molar-refractivity contribution in [2.45, 2.75) is 38.6 Å². The van der Waals surface area contributed by atoms with E-state index in [1.807, 2.05) is 0 Å². The van der Waals surface area contributed by atoms with Crippen molar-refractivity contribution in [3.8, 4) is 0 Å². The lowest BCUT2D eigenvalue weighted by molar-refractivity contribution is -0.128. The van der Waals surface area contributed by atoms with Gasteiger partial charge in [0, 0.05) is 24.9 Å². The molecule has 1 spiro atoms. The van der Waals surface area contributed by atoms with Gasteiger partial charge in [0.25, 0.3) is 0 Å². The van der Waals surface area contributed by atoms with Crippen molar-refractivity contribution < 1.29 is 4.79 Å². The van der Waals surface area contributed by atoms with Crippen LogP contribution in [0.3, 0.4) is 0 Å². The van der Waals surface area contributed by atoms with Crippen LogP contribution in [0.5, 0.6) is 0 Å². The summed E-state index contributed by atoms with van der Waals surface area (Å²) in [7, 11) is 0. The summed E-state index contributed by atoms with van der Waals surface area (Å²) in [5, 5.41) is 0. The fourth-order valence-corrected chi connectivity index (χ4v) is 3.63. The van der Waals surface area contributed by atoms with E-state index in [4.69, 9.17) is 0 Å². The number of piperidine rings is 1. The van der Waals surface area contributed by atoms with Gasteiger partial charge in [0.2, 0.25) is 0 Å². The third-order valence-corrected chi connectivity index (χ3v) is 4.56. The Morgan fingerprint density at radius 1 is 1.11 bits per heavy atom. The summed E-state index contributed by atoms with van der Waals surface area (Å²) in [5.41, 5.74) is 1.38. The third kappa shape index (κ3) is 2.22. The van der Waals surface area contributed by atoms with Crippen molar-refractivity contribution in [1.29, 1.82) is 0 Å². The Kier molecular flexibility index (Phi) is 3.21. The van der Waals surface area contributed by atoms with Crippen LogP contribution in [-0.4, -0.2) is 23.8 Å². The molecule has 96 valence electrons. The average molecular weight is 243 g/mol. The summed E-state index contributed by atoms with van der Waals surface area (Å²) in [4.78, 5) is 14.6. The molecule has 2 nitrogen and oxygen atoms in total. The molecule has 0 radical (unpaired) electrons. The maximum absolute atomic E-state index is 12.1. The first-order valence-electron chi connectivity index (χ1n) is 7.08. The number of carbonyl (C=O) groups excluding carboxylic acids is 1. The Morgan fingerprint density at radius 2 is 1.89 bits per heavy atom. The normalized spacial score (nSPS) is 29.0. The summed E-state index contributed by atoms with van der Waals surface area (Å²) in [5.74, 6) is 0.528. The highest BCUT2D eigenvalue weighted by molar-refractivity contribution is 5.87. The van der Waals surface area contributed by atoms with Gasteiger partial charge in [-0.2, -0.15) is 0 Å². The number of ketones is 1. The molecular formula is C16H21NO.